The van der Waals surface area contributed by atoms with E-state index in [1.54, 1.807) is 35.0 Å². The first-order chi connectivity index (χ1) is 12.5. The summed E-state index contributed by atoms with van der Waals surface area (Å²) in [7, 11) is 3.92. The van der Waals surface area contributed by atoms with Gasteiger partial charge < -0.3 is 15.5 Å². The van der Waals surface area contributed by atoms with Gasteiger partial charge in [-0.3, -0.25) is 4.79 Å². The molecule has 0 spiro atoms. The number of pyridine rings is 1. The zero-order valence-corrected chi connectivity index (χ0v) is 15.3. The number of halogens is 1. The number of hydrogen-bond donors (Lipinski definition) is 2. The van der Waals surface area contributed by atoms with Crippen LogP contribution in [-0.4, -0.2) is 29.9 Å². The Balaban J connectivity index is 1.78. The van der Waals surface area contributed by atoms with Crippen LogP contribution >= 0.6 is 11.3 Å². The number of carbonyl (C=O) groups excluding carboxylic acids is 1. The van der Waals surface area contributed by atoms with Gasteiger partial charge in [-0.2, -0.15) is 11.3 Å². The average molecular weight is 370 g/mol. The second kappa shape index (κ2) is 8.07. The highest BCUT2D eigenvalue weighted by Gasteiger charge is 2.13. The van der Waals surface area contributed by atoms with Crippen LogP contribution in [0.1, 0.15) is 16.1 Å². The van der Waals surface area contributed by atoms with Gasteiger partial charge in [-0.05, 0) is 49.8 Å². The molecule has 3 aromatic rings. The highest BCUT2D eigenvalue weighted by molar-refractivity contribution is 7.08. The minimum Gasteiger partial charge on any atom is -0.338 e. The molecular weight excluding hydrogens is 351 g/mol. The number of nitrogens with zero attached hydrogens (tertiary/aromatic N) is 2. The monoisotopic (exact) mass is 370 g/mol. The molecule has 0 saturated carbocycles. The summed E-state index contributed by atoms with van der Waals surface area (Å²) < 4.78 is 14.8. The van der Waals surface area contributed by atoms with Gasteiger partial charge in [-0.1, -0.05) is 12.1 Å². The summed E-state index contributed by atoms with van der Waals surface area (Å²) in [5.41, 5.74) is 1.76. The molecule has 0 radical (unpaired) electrons. The fourth-order valence-corrected chi connectivity index (χ4v) is 3.05. The van der Waals surface area contributed by atoms with E-state index in [1.807, 2.05) is 31.1 Å². The molecule has 0 fully saturated rings. The lowest BCUT2D eigenvalue weighted by molar-refractivity contribution is 0.102. The van der Waals surface area contributed by atoms with Crippen LogP contribution in [0.5, 0.6) is 0 Å². The van der Waals surface area contributed by atoms with Crippen molar-refractivity contribution in [1.29, 1.82) is 0 Å². The number of benzene rings is 1. The molecule has 2 aromatic heterocycles. The minimum absolute atomic E-state index is 0.121. The van der Waals surface area contributed by atoms with Crippen molar-refractivity contribution < 1.29 is 9.18 Å². The van der Waals surface area contributed by atoms with E-state index in [1.165, 1.54) is 17.4 Å². The molecule has 0 saturated heterocycles. The van der Waals surface area contributed by atoms with E-state index in [0.29, 0.717) is 17.9 Å². The summed E-state index contributed by atoms with van der Waals surface area (Å²) in [6.45, 7) is 0.689. The van der Waals surface area contributed by atoms with E-state index in [2.05, 4.69) is 15.6 Å². The molecule has 0 aliphatic heterocycles. The summed E-state index contributed by atoms with van der Waals surface area (Å²) in [6, 6.07) is 12.1. The summed E-state index contributed by atoms with van der Waals surface area (Å²) in [5, 5.41) is 9.10. The number of aromatic nitrogens is 1. The van der Waals surface area contributed by atoms with E-state index in [4.69, 9.17) is 0 Å². The second-order valence-electron chi connectivity index (χ2n) is 6.01. The lowest BCUT2D eigenvalue weighted by Gasteiger charge is -2.13. The quantitative estimate of drug-likeness (QED) is 0.678. The van der Waals surface area contributed by atoms with Gasteiger partial charge in [-0.15, -0.1) is 0 Å². The van der Waals surface area contributed by atoms with Crippen molar-refractivity contribution in [3.05, 3.63) is 70.3 Å². The first-order valence-corrected chi connectivity index (χ1v) is 8.97. The highest BCUT2D eigenvalue weighted by Crippen LogP contribution is 2.25. The van der Waals surface area contributed by atoms with Crippen molar-refractivity contribution in [2.75, 3.05) is 24.7 Å². The molecule has 0 bridgehead atoms. The number of amides is 1. The van der Waals surface area contributed by atoms with Gasteiger partial charge in [-0.25, -0.2) is 9.37 Å². The predicted molar refractivity (Wildman–Crippen MR) is 104 cm³/mol. The molecule has 0 atom stereocenters. The fraction of sp³-hybridized carbons (Fsp3) is 0.158. The first-order valence-electron chi connectivity index (χ1n) is 8.02. The van der Waals surface area contributed by atoms with Gasteiger partial charge in [0.25, 0.3) is 5.91 Å². The van der Waals surface area contributed by atoms with Gasteiger partial charge in [0.15, 0.2) is 5.82 Å². The molecule has 2 N–H and O–H groups in total. The van der Waals surface area contributed by atoms with Crippen LogP contribution in [0.4, 0.5) is 21.6 Å². The van der Waals surface area contributed by atoms with Crippen LogP contribution in [0.3, 0.4) is 0 Å². The maximum atomic E-state index is 14.8. The van der Waals surface area contributed by atoms with Crippen molar-refractivity contribution in [2.24, 2.45) is 0 Å². The lowest BCUT2D eigenvalue weighted by Crippen LogP contribution is -2.13. The van der Waals surface area contributed by atoms with Crippen LogP contribution in [0.25, 0.3) is 0 Å². The smallest absolute Gasteiger partial charge is 0.256 e. The van der Waals surface area contributed by atoms with Gasteiger partial charge in [0.2, 0.25) is 0 Å². The molecular formula is C19H19FN4OS. The van der Waals surface area contributed by atoms with E-state index in [-0.39, 0.29) is 17.3 Å². The molecule has 1 amide bonds. The van der Waals surface area contributed by atoms with Crippen molar-refractivity contribution in [3.63, 3.8) is 0 Å². The Morgan fingerprint density at radius 3 is 2.65 bits per heavy atom. The summed E-state index contributed by atoms with van der Waals surface area (Å²) in [4.78, 5) is 18.6. The van der Waals surface area contributed by atoms with Gasteiger partial charge in [0.1, 0.15) is 5.82 Å². The molecule has 134 valence electrons. The van der Waals surface area contributed by atoms with Crippen molar-refractivity contribution in [3.8, 4) is 0 Å². The maximum absolute atomic E-state index is 14.8. The molecule has 0 unspecified atom stereocenters. The molecule has 3 rings (SSSR count). The largest absolute Gasteiger partial charge is 0.338 e. The number of nitrogens with one attached hydrogen (secondary N) is 2. The van der Waals surface area contributed by atoms with E-state index >= 15 is 0 Å². The van der Waals surface area contributed by atoms with Crippen molar-refractivity contribution in [2.45, 2.75) is 6.54 Å². The predicted octanol–water partition coefficient (Wildman–Crippen LogP) is 4.34. The van der Waals surface area contributed by atoms with Crippen LogP contribution < -0.4 is 10.6 Å². The third-order valence-electron chi connectivity index (χ3n) is 3.58. The molecule has 2 heterocycles. The Bertz CT molecular complexity index is 896. The highest BCUT2D eigenvalue weighted by atomic mass is 32.1. The fourth-order valence-electron chi connectivity index (χ4n) is 2.41. The maximum Gasteiger partial charge on any atom is 0.256 e. The van der Waals surface area contributed by atoms with E-state index < -0.39 is 5.82 Å². The number of rotatable bonds is 6. The Hall–Kier alpha value is -2.77. The van der Waals surface area contributed by atoms with Gasteiger partial charge >= 0.3 is 0 Å². The zero-order chi connectivity index (χ0) is 18.5. The normalized spacial score (nSPS) is 10.8. The number of anilines is 3. The number of hydrogen-bond acceptors (Lipinski definition) is 5. The van der Waals surface area contributed by atoms with Crippen LogP contribution in [0.15, 0.2) is 53.2 Å². The minimum atomic E-state index is -0.532. The molecule has 5 nitrogen and oxygen atoms in total. The van der Waals surface area contributed by atoms with E-state index in [0.717, 1.165) is 5.69 Å². The van der Waals surface area contributed by atoms with Crippen molar-refractivity contribution in [1.82, 2.24) is 9.88 Å². The molecule has 7 heteroatoms. The summed E-state index contributed by atoms with van der Waals surface area (Å²) >= 11 is 1.41. The van der Waals surface area contributed by atoms with Crippen LogP contribution in [0.2, 0.25) is 0 Å². The van der Waals surface area contributed by atoms with Crippen LogP contribution in [-0.2, 0) is 6.54 Å². The second-order valence-corrected chi connectivity index (χ2v) is 6.79. The molecule has 26 heavy (non-hydrogen) atoms. The SMILES string of the molecule is CN(C)Cc1cccc(Nc2cccc(NC(=O)c3ccsc3)c2F)n1. The van der Waals surface area contributed by atoms with Gasteiger partial charge in [0.05, 0.1) is 22.6 Å². The number of carbonyl (C=O) groups is 1. The topological polar surface area (TPSA) is 57.3 Å². The Labute approximate surface area is 155 Å². The zero-order valence-electron chi connectivity index (χ0n) is 14.5. The van der Waals surface area contributed by atoms with Gasteiger partial charge in [0, 0.05) is 11.9 Å². The van der Waals surface area contributed by atoms with Crippen molar-refractivity contribution >= 4 is 34.4 Å². The Kier molecular flexibility index (Phi) is 5.60. The third kappa shape index (κ3) is 4.44. The Morgan fingerprint density at radius 1 is 1.15 bits per heavy atom. The standard InChI is InChI=1S/C19H19FN4OS/c1-24(2)11-14-5-3-8-17(21-14)22-15-6-4-7-16(18(15)20)23-19(25)13-9-10-26-12-13/h3-10,12H,11H2,1-2H3,(H,21,22)(H,23,25). The summed E-state index contributed by atoms with van der Waals surface area (Å²) in [6.07, 6.45) is 0. The molecule has 1 aromatic carbocycles. The number of thiophene rings is 1. The molecule has 0 aliphatic carbocycles. The Morgan fingerprint density at radius 2 is 1.92 bits per heavy atom. The average Bonchev–Trinajstić information content (AvgIpc) is 3.13. The first kappa shape index (κ1) is 18.0. The van der Waals surface area contributed by atoms with E-state index in [9.17, 15) is 9.18 Å². The third-order valence-corrected chi connectivity index (χ3v) is 4.26. The summed E-state index contributed by atoms with van der Waals surface area (Å²) in [5.74, 6) is -0.325. The lowest BCUT2D eigenvalue weighted by atomic mass is 10.2. The van der Waals surface area contributed by atoms with Crippen LogP contribution in [0, 0.1) is 5.82 Å². The molecule has 0 aliphatic rings.